The Morgan fingerprint density at radius 1 is 1.44 bits per heavy atom. The SMILES string of the molecule is CCNC(=NCc1c(C)nn(C)c1C)N1CCCC2(CNC(=O)C2)C1. The van der Waals surface area contributed by atoms with Crippen molar-refractivity contribution >= 4 is 11.9 Å². The second-order valence-corrected chi connectivity index (χ2v) is 7.42. The van der Waals surface area contributed by atoms with Gasteiger partial charge in [0.25, 0.3) is 0 Å². The Bertz CT molecular complexity index is 679. The van der Waals surface area contributed by atoms with E-state index >= 15 is 0 Å². The average molecular weight is 346 g/mol. The fourth-order valence-corrected chi connectivity index (χ4v) is 4.06. The van der Waals surface area contributed by atoms with Crippen molar-refractivity contribution in [2.45, 2.75) is 46.6 Å². The highest BCUT2D eigenvalue weighted by atomic mass is 16.1. The Hall–Kier alpha value is -2.05. The summed E-state index contributed by atoms with van der Waals surface area (Å²) >= 11 is 0. The second kappa shape index (κ2) is 7.06. The van der Waals surface area contributed by atoms with Crippen LogP contribution in [-0.2, 0) is 18.4 Å². The number of rotatable bonds is 3. The molecule has 0 radical (unpaired) electrons. The first kappa shape index (κ1) is 17.8. The summed E-state index contributed by atoms with van der Waals surface area (Å²) in [6.07, 6.45) is 2.86. The van der Waals surface area contributed by atoms with Crippen LogP contribution in [0.1, 0.15) is 43.1 Å². The predicted octanol–water partition coefficient (Wildman–Crippen LogP) is 1.10. The van der Waals surface area contributed by atoms with Crippen LogP contribution < -0.4 is 10.6 Å². The van der Waals surface area contributed by atoms with E-state index in [9.17, 15) is 4.79 Å². The van der Waals surface area contributed by atoms with E-state index in [2.05, 4.69) is 34.5 Å². The number of carbonyl (C=O) groups excluding carboxylic acids is 1. The van der Waals surface area contributed by atoms with Crippen LogP contribution in [0.2, 0.25) is 0 Å². The Labute approximate surface area is 149 Å². The van der Waals surface area contributed by atoms with Gasteiger partial charge in [0.1, 0.15) is 0 Å². The summed E-state index contributed by atoms with van der Waals surface area (Å²) < 4.78 is 1.92. The maximum atomic E-state index is 11.7. The number of piperidine rings is 1. The summed E-state index contributed by atoms with van der Waals surface area (Å²) in [5, 5.41) is 10.9. The fraction of sp³-hybridized carbons (Fsp3) is 0.722. The van der Waals surface area contributed by atoms with E-state index < -0.39 is 0 Å². The number of carbonyl (C=O) groups is 1. The molecule has 2 saturated heterocycles. The molecule has 0 saturated carbocycles. The minimum Gasteiger partial charge on any atom is -0.357 e. The molecule has 1 atom stereocenters. The number of likely N-dealkylation sites (tertiary alicyclic amines) is 1. The standard InChI is InChI=1S/C18H30N6O/c1-5-19-17(20-10-15-13(2)22-23(4)14(15)3)24-8-6-7-18(12-24)9-16(25)21-11-18/h5-12H2,1-4H3,(H,19,20)(H,21,25). The first-order valence-electron chi connectivity index (χ1n) is 9.23. The van der Waals surface area contributed by atoms with Gasteiger partial charge >= 0.3 is 0 Å². The maximum absolute atomic E-state index is 11.7. The number of guanidine groups is 1. The van der Waals surface area contributed by atoms with Gasteiger partial charge in [0, 0.05) is 56.3 Å². The molecule has 0 aromatic carbocycles. The number of hydrogen-bond donors (Lipinski definition) is 2. The van der Waals surface area contributed by atoms with Gasteiger partial charge in [0.05, 0.1) is 12.2 Å². The molecular formula is C18H30N6O. The van der Waals surface area contributed by atoms with Crippen molar-refractivity contribution in [1.82, 2.24) is 25.3 Å². The molecule has 2 aliphatic rings. The number of aliphatic imine (C=N–C) groups is 1. The van der Waals surface area contributed by atoms with Gasteiger partial charge in [-0.1, -0.05) is 0 Å². The lowest BCUT2D eigenvalue weighted by Gasteiger charge is -2.40. The first-order valence-corrected chi connectivity index (χ1v) is 9.23. The van der Waals surface area contributed by atoms with Gasteiger partial charge in [-0.25, -0.2) is 4.99 Å². The van der Waals surface area contributed by atoms with E-state index in [0.717, 1.165) is 56.4 Å². The zero-order chi connectivity index (χ0) is 18.0. The molecule has 25 heavy (non-hydrogen) atoms. The lowest BCUT2D eigenvalue weighted by Crippen LogP contribution is -2.51. The van der Waals surface area contributed by atoms with Crippen molar-refractivity contribution in [2.75, 3.05) is 26.2 Å². The third-order valence-electron chi connectivity index (χ3n) is 5.54. The topological polar surface area (TPSA) is 74.6 Å². The van der Waals surface area contributed by atoms with Gasteiger partial charge < -0.3 is 15.5 Å². The van der Waals surface area contributed by atoms with Gasteiger partial charge in [-0.15, -0.1) is 0 Å². The van der Waals surface area contributed by atoms with Crippen LogP contribution >= 0.6 is 0 Å². The molecule has 1 aromatic heterocycles. The van der Waals surface area contributed by atoms with Gasteiger partial charge in [-0.2, -0.15) is 5.10 Å². The van der Waals surface area contributed by atoms with E-state index in [0.29, 0.717) is 13.0 Å². The van der Waals surface area contributed by atoms with Crippen molar-refractivity contribution in [3.8, 4) is 0 Å². The van der Waals surface area contributed by atoms with E-state index in [1.54, 1.807) is 0 Å². The molecule has 3 heterocycles. The molecule has 1 amide bonds. The van der Waals surface area contributed by atoms with E-state index in [4.69, 9.17) is 4.99 Å². The summed E-state index contributed by atoms with van der Waals surface area (Å²) in [6.45, 7) is 10.4. The quantitative estimate of drug-likeness (QED) is 0.635. The highest BCUT2D eigenvalue weighted by Crippen LogP contribution is 2.36. The fourth-order valence-electron chi connectivity index (χ4n) is 4.06. The monoisotopic (exact) mass is 346 g/mol. The van der Waals surface area contributed by atoms with Crippen LogP contribution in [0.4, 0.5) is 0 Å². The summed E-state index contributed by atoms with van der Waals surface area (Å²) in [5.41, 5.74) is 3.48. The number of nitrogens with one attached hydrogen (secondary N) is 2. The second-order valence-electron chi connectivity index (χ2n) is 7.42. The Morgan fingerprint density at radius 2 is 2.24 bits per heavy atom. The lowest BCUT2D eigenvalue weighted by molar-refractivity contribution is -0.119. The molecule has 1 spiro atoms. The van der Waals surface area contributed by atoms with Gasteiger partial charge in [-0.3, -0.25) is 9.48 Å². The minimum absolute atomic E-state index is 0.0751. The molecular weight excluding hydrogens is 316 g/mol. The third kappa shape index (κ3) is 3.65. The smallest absolute Gasteiger partial charge is 0.220 e. The van der Waals surface area contributed by atoms with Crippen LogP contribution in [0, 0.1) is 19.3 Å². The number of nitrogens with zero attached hydrogens (tertiary/aromatic N) is 4. The molecule has 2 fully saturated rings. The number of hydrogen-bond acceptors (Lipinski definition) is 3. The van der Waals surface area contributed by atoms with Crippen molar-refractivity contribution in [3.05, 3.63) is 17.0 Å². The Kier molecular flexibility index (Phi) is 5.01. The molecule has 0 bridgehead atoms. The largest absolute Gasteiger partial charge is 0.357 e. The van der Waals surface area contributed by atoms with Crippen LogP contribution in [-0.4, -0.2) is 52.7 Å². The van der Waals surface area contributed by atoms with Gasteiger partial charge in [-0.05, 0) is 33.6 Å². The van der Waals surface area contributed by atoms with Crippen LogP contribution in [0.3, 0.4) is 0 Å². The van der Waals surface area contributed by atoms with E-state index in [1.165, 1.54) is 5.56 Å². The summed E-state index contributed by atoms with van der Waals surface area (Å²) in [5.74, 6) is 1.13. The Morgan fingerprint density at radius 3 is 2.84 bits per heavy atom. The molecule has 2 N–H and O–H groups in total. The molecule has 7 nitrogen and oxygen atoms in total. The van der Waals surface area contributed by atoms with E-state index in [1.807, 2.05) is 18.7 Å². The Balaban J connectivity index is 1.77. The highest BCUT2D eigenvalue weighted by Gasteiger charge is 2.42. The van der Waals surface area contributed by atoms with Crippen molar-refractivity contribution in [1.29, 1.82) is 0 Å². The molecule has 7 heteroatoms. The maximum Gasteiger partial charge on any atom is 0.220 e. The average Bonchev–Trinajstić information content (AvgIpc) is 3.04. The molecule has 138 valence electrons. The van der Waals surface area contributed by atoms with Gasteiger partial charge in [0.2, 0.25) is 5.91 Å². The van der Waals surface area contributed by atoms with Crippen molar-refractivity contribution in [3.63, 3.8) is 0 Å². The highest BCUT2D eigenvalue weighted by molar-refractivity contribution is 5.81. The molecule has 3 rings (SSSR count). The zero-order valence-corrected chi connectivity index (χ0v) is 15.9. The number of aromatic nitrogens is 2. The molecule has 2 aliphatic heterocycles. The van der Waals surface area contributed by atoms with Crippen LogP contribution in [0.5, 0.6) is 0 Å². The van der Waals surface area contributed by atoms with Crippen LogP contribution in [0.25, 0.3) is 0 Å². The summed E-state index contributed by atoms with van der Waals surface area (Å²) in [4.78, 5) is 18.9. The van der Waals surface area contributed by atoms with Crippen molar-refractivity contribution < 1.29 is 4.79 Å². The van der Waals surface area contributed by atoms with Crippen molar-refractivity contribution in [2.24, 2.45) is 17.5 Å². The number of amides is 1. The molecule has 0 aliphatic carbocycles. The summed E-state index contributed by atoms with van der Waals surface area (Å²) in [6, 6.07) is 0. The number of aryl methyl sites for hydroxylation is 2. The van der Waals surface area contributed by atoms with Crippen LogP contribution in [0.15, 0.2) is 4.99 Å². The minimum atomic E-state index is 0.0751. The molecule has 1 unspecified atom stereocenters. The lowest BCUT2D eigenvalue weighted by atomic mass is 9.79. The third-order valence-corrected chi connectivity index (χ3v) is 5.54. The first-order chi connectivity index (χ1) is 11.9. The van der Waals surface area contributed by atoms with E-state index in [-0.39, 0.29) is 11.3 Å². The van der Waals surface area contributed by atoms with Gasteiger partial charge in [0.15, 0.2) is 5.96 Å². The molecule has 1 aromatic rings. The normalized spacial score (nSPS) is 24.1. The zero-order valence-electron chi connectivity index (χ0n) is 15.9. The predicted molar refractivity (Wildman–Crippen MR) is 98.4 cm³/mol. The summed E-state index contributed by atoms with van der Waals surface area (Å²) in [7, 11) is 1.97.